The van der Waals surface area contributed by atoms with E-state index in [-0.39, 0.29) is 23.1 Å². The van der Waals surface area contributed by atoms with Crippen molar-refractivity contribution in [1.29, 1.82) is 0 Å². The lowest BCUT2D eigenvalue weighted by atomic mass is 9.97. The molecule has 0 saturated heterocycles. The highest BCUT2D eigenvalue weighted by atomic mass is 32.2. The number of hydrogen-bond donors (Lipinski definition) is 2. The number of likely N-dealkylation sites (N-methyl/N-ethyl adjacent to an activating group) is 1. The largest absolute Gasteiger partial charge is 0.355 e. The predicted molar refractivity (Wildman–Crippen MR) is 113 cm³/mol. The Kier molecular flexibility index (Phi) is 6.77. The van der Waals surface area contributed by atoms with E-state index in [0.717, 1.165) is 35.9 Å². The highest BCUT2D eigenvalue weighted by Gasteiger charge is 2.22. The molecule has 2 N–H and O–H groups in total. The lowest BCUT2D eigenvalue weighted by molar-refractivity contribution is -0.127. The van der Waals surface area contributed by atoms with Crippen molar-refractivity contribution in [3.8, 4) is 0 Å². The zero-order valence-corrected chi connectivity index (χ0v) is 18.1. The molecule has 0 saturated carbocycles. The minimum Gasteiger partial charge on any atom is -0.355 e. The van der Waals surface area contributed by atoms with Crippen molar-refractivity contribution in [3.05, 3.63) is 20.8 Å². The van der Waals surface area contributed by atoms with Gasteiger partial charge in [-0.15, -0.1) is 11.3 Å². The van der Waals surface area contributed by atoms with Gasteiger partial charge in [-0.3, -0.25) is 19.0 Å². The number of carbonyl (C=O) groups is 2. The number of thiophene rings is 1. The Labute approximate surface area is 172 Å². The van der Waals surface area contributed by atoms with Gasteiger partial charge in [-0.05, 0) is 52.0 Å². The molecule has 1 atom stereocenters. The second-order valence-electron chi connectivity index (χ2n) is 6.81. The van der Waals surface area contributed by atoms with Crippen LogP contribution in [0.1, 0.15) is 44.1 Å². The topological polar surface area (TPSA) is 93.1 Å². The summed E-state index contributed by atoms with van der Waals surface area (Å²) in [7, 11) is 0. The Morgan fingerprint density at radius 3 is 2.75 bits per heavy atom. The molecule has 1 aliphatic carbocycles. The van der Waals surface area contributed by atoms with Gasteiger partial charge in [0.2, 0.25) is 11.8 Å². The number of nitrogens with one attached hydrogen (secondary N) is 2. The van der Waals surface area contributed by atoms with Gasteiger partial charge in [0, 0.05) is 18.0 Å². The van der Waals surface area contributed by atoms with Gasteiger partial charge in [0.15, 0.2) is 5.16 Å². The summed E-state index contributed by atoms with van der Waals surface area (Å²) in [4.78, 5) is 43.8. The predicted octanol–water partition coefficient (Wildman–Crippen LogP) is 2.09. The van der Waals surface area contributed by atoms with Crippen molar-refractivity contribution in [2.24, 2.45) is 0 Å². The van der Waals surface area contributed by atoms with Crippen LogP contribution in [0.5, 0.6) is 0 Å². The van der Waals surface area contributed by atoms with Gasteiger partial charge in [0.1, 0.15) is 10.9 Å². The minimum absolute atomic E-state index is 0.00880. The zero-order chi connectivity index (χ0) is 20.3. The Balaban J connectivity index is 1.78. The van der Waals surface area contributed by atoms with Gasteiger partial charge in [-0.25, -0.2) is 4.98 Å². The molecule has 0 aromatic carbocycles. The van der Waals surface area contributed by atoms with Crippen LogP contribution >= 0.6 is 23.1 Å². The fourth-order valence-electron chi connectivity index (χ4n) is 3.42. The summed E-state index contributed by atoms with van der Waals surface area (Å²) >= 11 is 2.85. The summed E-state index contributed by atoms with van der Waals surface area (Å²) < 4.78 is 1.65. The van der Waals surface area contributed by atoms with Crippen LogP contribution < -0.4 is 16.2 Å². The quantitative estimate of drug-likeness (QED) is 0.526. The first-order chi connectivity index (χ1) is 13.5. The molecule has 0 radical (unpaired) electrons. The zero-order valence-electron chi connectivity index (χ0n) is 16.5. The van der Waals surface area contributed by atoms with Crippen LogP contribution in [-0.4, -0.2) is 39.7 Å². The Bertz CT molecular complexity index is 951. The molecule has 28 heavy (non-hydrogen) atoms. The smallest absolute Gasteiger partial charge is 0.263 e. The molecule has 1 aliphatic rings. The van der Waals surface area contributed by atoms with Crippen LogP contribution in [-0.2, 0) is 29.0 Å². The second-order valence-corrected chi connectivity index (χ2v) is 8.83. The molecule has 2 amide bonds. The Morgan fingerprint density at radius 1 is 1.29 bits per heavy atom. The first-order valence-corrected chi connectivity index (χ1v) is 11.5. The summed E-state index contributed by atoms with van der Waals surface area (Å²) in [6.45, 7) is 6.42. The molecule has 0 spiro atoms. The summed E-state index contributed by atoms with van der Waals surface area (Å²) in [5.74, 6) is -0.367. The van der Waals surface area contributed by atoms with Crippen LogP contribution in [0, 0.1) is 0 Å². The van der Waals surface area contributed by atoms with Gasteiger partial charge < -0.3 is 10.6 Å². The monoisotopic (exact) mass is 422 g/mol. The number of hydrogen-bond acceptors (Lipinski definition) is 6. The highest BCUT2D eigenvalue weighted by molar-refractivity contribution is 7.99. The Morgan fingerprint density at radius 2 is 2.04 bits per heavy atom. The van der Waals surface area contributed by atoms with Crippen LogP contribution in [0.3, 0.4) is 0 Å². The second kappa shape index (κ2) is 9.09. The number of aryl methyl sites for hydroxylation is 2. The third kappa shape index (κ3) is 4.25. The van der Waals surface area contributed by atoms with Crippen LogP contribution in [0.15, 0.2) is 9.95 Å². The van der Waals surface area contributed by atoms with Crippen LogP contribution in [0.4, 0.5) is 0 Å². The first kappa shape index (κ1) is 20.9. The van der Waals surface area contributed by atoms with Gasteiger partial charge >= 0.3 is 0 Å². The van der Waals surface area contributed by atoms with Crippen molar-refractivity contribution in [1.82, 2.24) is 20.2 Å². The number of fused-ring (bicyclic) bond motifs is 3. The van der Waals surface area contributed by atoms with Gasteiger partial charge in [-0.2, -0.15) is 0 Å². The molecule has 2 aromatic rings. The van der Waals surface area contributed by atoms with Crippen LogP contribution in [0.2, 0.25) is 0 Å². The van der Waals surface area contributed by atoms with E-state index < -0.39 is 6.04 Å². The first-order valence-electron chi connectivity index (χ1n) is 9.71. The molecule has 0 aliphatic heterocycles. The van der Waals surface area contributed by atoms with E-state index >= 15 is 0 Å². The molecule has 9 heteroatoms. The molecule has 0 bridgehead atoms. The van der Waals surface area contributed by atoms with Gasteiger partial charge in [0.05, 0.1) is 11.1 Å². The molecule has 3 rings (SSSR count). The van der Waals surface area contributed by atoms with E-state index in [1.165, 1.54) is 22.2 Å². The number of rotatable bonds is 7. The van der Waals surface area contributed by atoms with Crippen LogP contribution in [0.25, 0.3) is 10.2 Å². The average Bonchev–Trinajstić information content (AvgIpc) is 3.05. The summed E-state index contributed by atoms with van der Waals surface area (Å²) in [5, 5.41) is 6.68. The van der Waals surface area contributed by atoms with E-state index in [0.29, 0.717) is 18.2 Å². The molecule has 2 aromatic heterocycles. The van der Waals surface area contributed by atoms with Crippen molar-refractivity contribution in [3.63, 3.8) is 0 Å². The minimum atomic E-state index is -0.596. The maximum absolute atomic E-state index is 13.1. The standard InChI is InChI=1S/C19H26N4O3S2/c1-4-20-16(25)11(3)21-14(24)10-27-19-22-17-15(18(26)23(19)5-2)12-8-6-7-9-13(12)28-17/h11H,4-10H2,1-3H3,(H,20,25)(H,21,24)/t11-/m0/s1. The Hall–Kier alpha value is -1.87. The van der Waals surface area contributed by atoms with Gasteiger partial charge in [-0.1, -0.05) is 11.8 Å². The van der Waals surface area contributed by atoms with Crippen molar-refractivity contribution < 1.29 is 9.59 Å². The number of nitrogens with zero attached hydrogens (tertiary/aromatic N) is 2. The van der Waals surface area contributed by atoms with Crippen molar-refractivity contribution >= 4 is 45.1 Å². The third-order valence-corrected chi connectivity index (χ3v) is 6.97. The maximum atomic E-state index is 13.1. The van der Waals surface area contributed by atoms with Gasteiger partial charge in [0.25, 0.3) is 5.56 Å². The van der Waals surface area contributed by atoms with E-state index in [1.54, 1.807) is 22.8 Å². The normalized spacial score (nSPS) is 14.5. The number of amides is 2. The van der Waals surface area contributed by atoms with E-state index in [9.17, 15) is 14.4 Å². The molecule has 7 nitrogen and oxygen atoms in total. The van der Waals surface area contributed by atoms with E-state index in [2.05, 4.69) is 10.6 Å². The third-order valence-electron chi connectivity index (χ3n) is 4.81. The lowest BCUT2D eigenvalue weighted by Crippen LogP contribution is -2.45. The number of aromatic nitrogens is 2. The SMILES string of the molecule is CCNC(=O)[C@H](C)NC(=O)CSc1nc2sc3c(c2c(=O)n1CC)CCCC3. The molecular weight excluding hydrogens is 396 g/mol. The molecule has 2 heterocycles. The lowest BCUT2D eigenvalue weighted by Gasteiger charge is -2.14. The fourth-order valence-corrected chi connectivity index (χ4v) is 5.59. The molecular formula is C19H26N4O3S2. The van der Waals surface area contributed by atoms with E-state index in [1.807, 2.05) is 13.8 Å². The average molecular weight is 423 g/mol. The number of carbonyl (C=O) groups excluding carboxylic acids is 2. The molecule has 0 unspecified atom stereocenters. The maximum Gasteiger partial charge on any atom is 0.263 e. The van der Waals surface area contributed by atoms with E-state index in [4.69, 9.17) is 4.98 Å². The summed E-state index contributed by atoms with van der Waals surface area (Å²) in [6.07, 6.45) is 4.24. The summed E-state index contributed by atoms with van der Waals surface area (Å²) in [5.41, 5.74) is 1.17. The summed E-state index contributed by atoms with van der Waals surface area (Å²) in [6, 6.07) is -0.596. The van der Waals surface area contributed by atoms with Crippen molar-refractivity contribution in [2.45, 2.75) is 64.2 Å². The molecule has 0 fully saturated rings. The fraction of sp³-hybridized carbons (Fsp3) is 0.579. The highest BCUT2D eigenvalue weighted by Crippen LogP contribution is 2.34. The molecule has 152 valence electrons. The van der Waals surface area contributed by atoms with Crippen molar-refractivity contribution in [2.75, 3.05) is 12.3 Å². The number of thioether (sulfide) groups is 1.